The Balaban J connectivity index is 1.19. The summed E-state index contributed by atoms with van der Waals surface area (Å²) >= 11 is 9.72. The van der Waals surface area contributed by atoms with Crippen LogP contribution in [0.15, 0.2) is 57.5 Å². The molecule has 2 atom stereocenters. The second-order valence-corrected chi connectivity index (χ2v) is 13.3. The van der Waals surface area contributed by atoms with Gasteiger partial charge in [0.15, 0.2) is 23.0 Å². The number of aliphatic carboxylic acids is 1. The molecule has 1 fully saturated rings. The molecule has 1 saturated heterocycles. The van der Waals surface area contributed by atoms with Crippen molar-refractivity contribution in [3.05, 3.63) is 62.3 Å². The Bertz CT molecular complexity index is 1920. The van der Waals surface area contributed by atoms with Gasteiger partial charge in [-0.05, 0) is 11.6 Å². The molecular formula is C24H22ClN11O5S3. The molecule has 6 heterocycles. The molecule has 2 aliphatic rings. The highest BCUT2D eigenvalue weighted by Gasteiger charge is 2.53. The highest BCUT2D eigenvalue weighted by atomic mass is 35.5. The van der Waals surface area contributed by atoms with Crippen LogP contribution in [0.25, 0.3) is 5.65 Å². The molecule has 0 bridgehead atoms. The van der Waals surface area contributed by atoms with E-state index in [2.05, 4.69) is 20.4 Å². The number of amides is 2. The van der Waals surface area contributed by atoms with Gasteiger partial charge < -0.3 is 37.6 Å². The summed E-state index contributed by atoms with van der Waals surface area (Å²) in [5.74, 6) is -2.85. The summed E-state index contributed by atoms with van der Waals surface area (Å²) < 4.78 is 5.74. The van der Waals surface area contributed by atoms with Crippen LogP contribution in [0.5, 0.6) is 0 Å². The van der Waals surface area contributed by atoms with E-state index in [0.717, 1.165) is 26.8 Å². The number of carboxylic acids is 1. The number of hydrogen-bond donors (Lipinski definition) is 5. The van der Waals surface area contributed by atoms with E-state index in [9.17, 15) is 24.7 Å². The number of rotatable bonds is 9. The normalized spacial score (nSPS) is 18.3. The van der Waals surface area contributed by atoms with Crippen LogP contribution in [0.4, 0.5) is 10.8 Å². The van der Waals surface area contributed by atoms with Gasteiger partial charge in [-0.1, -0.05) is 28.1 Å². The van der Waals surface area contributed by atoms with Crippen molar-refractivity contribution in [1.29, 1.82) is 0 Å². The van der Waals surface area contributed by atoms with Crippen LogP contribution in [0.1, 0.15) is 10.6 Å². The second-order valence-electron chi connectivity index (χ2n) is 9.57. The van der Waals surface area contributed by atoms with Crippen molar-refractivity contribution in [2.45, 2.75) is 24.5 Å². The van der Waals surface area contributed by atoms with Gasteiger partial charge in [-0.25, -0.2) is 19.2 Å². The van der Waals surface area contributed by atoms with E-state index in [1.54, 1.807) is 0 Å². The van der Waals surface area contributed by atoms with Gasteiger partial charge in [0.2, 0.25) is 0 Å². The lowest BCUT2D eigenvalue weighted by Crippen LogP contribution is -2.71. The van der Waals surface area contributed by atoms with Crippen LogP contribution in [0.3, 0.4) is 0 Å². The van der Waals surface area contributed by atoms with E-state index >= 15 is 0 Å². The fraction of sp³-hybridized carbons (Fsp3) is 0.208. The number of nitrogens with one attached hydrogen (secondary N) is 1. The van der Waals surface area contributed by atoms with Crippen LogP contribution < -0.4 is 32.2 Å². The first kappa shape index (κ1) is 29.5. The van der Waals surface area contributed by atoms with Crippen LogP contribution in [0, 0.1) is 0 Å². The lowest BCUT2D eigenvalue weighted by atomic mass is 10.0. The summed E-state index contributed by atoms with van der Waals surface area (Å²) in [6.07, 6.45) is 5.56. The van der Waals surface area contributed by atoms with E-state index in [1.807, 2.05) is 49.9 Å². The monoisotopic (exact) mass is 675 g/mol. The maximum absolute atomic E-state index is 13.1. The second kappa shape index (κ2) is 11.5. The molecule has 0 aliphatic carbocycles. The van der Waals surface area contributed by atoms with Gasteiger partial charge in [0, 0.05) is 16.0 Å². The molecule has 4 aromatic heterocycles. The molecule has 6 rings (SSSR count). The molecule has 228 valence electrons. The number of oxime groups is 1. The average molecular weight is 676 g/mol. The zero-order chi connectivity index (χ0) is 31.3. The maximum Gasteiger partial charge on any atom is 0.307 e. The number of aromatic nitrogens is 4. The highest BCUT2D eigenvalue weighted by molar-refractivity contribution is 8.00. The number of nitrogens with zero attached hydrogens (tertiary/aromatic N) is 7. The number of thioether (sulfide) groups is 1. The van der Waals surface area contributed by atoms with E-state index in [0.29, 0.717) is 17.8 Å². The fourth-order valence-corrected chi connectivity index (χ4v) is 8.05. The Labute approximate surface area is 264 Å². The number of fused-ring (bicyclic) bond motifs is 2. The number of aliphatic imine (C=N–C) groups is 1. The minimum Gasteiger partial charge on any atom is -0.543 e. The van der Waals surface area contributed by atoms with Crippen LogP contribution in [0.2, 0.25) is 4.34 Å². The zero-order valence-corrected chi connectivity index (χ0v) is 25.5. The summed E-state index contributed by atoms with van der Waals surface area (Å²) in [6, 6.07) is 2.71. The molecule has 2 aliphatic heterocycles. The number of carbonyl (C=O) groups excluding carboxylic acids is 3. The van der Waals surface area contributed by atoms with Gasteiger partial charge in [0.05, 0.1) is 36.2 Å². The molecular weight excluding hydrogens is 654 g/mol. The molecule has 8 N–H and O–H groups in total. The van der Waals surface area contributed by atoms with E-state index in [1.165, 1.54) is 23.1 Å². The Morgan fingerprint density at radius 2 is 2.11 bits per heavy atom. The molecule has 0 saturated carbocycles. The summed E-state index contributed by atoms with van der Waals surface area (Å²) in [7, 11) is 0. The van der Waals surface area contributed by atoms with Crippen molar-refractivity contribution < 1.29 is 29.3 Å². The number of imidazole rings is 1. The molecule has 20 heteroatoms. The first-order valence-corrected chi connectivity index (χ1v) is 15.7. The average Bonchev–Trinajstić information content (AvgIpc) is 3.75. The van der Waals surface area contributed by atoms with Gasteiger partial charge in [0.1, 0.15) is 34.2 Å². The van der Waals surface area contributed by atoms with E-state index in [4.69, 9.17) is 28.8 Å². The predicted molar refractivity (Wildman–Crippen MR) is 161 cm³/mol. The summed E-state index contributed by atoms with van der Waals surface area (Å²) in [5, 5.41) is 28.4. The maximum atomic E-state index is 13.1. The first-order chi connectivity index (χ1) is 21.0. The number of anilines is 1. The fourth-order valence-electron chi connectivity index (χ4n) is 4.99. The van der Waals surface area contributed by atoms with Crippen molar-refractivity contribution in [3.63, 3.8) is 0 Å². The number of thiazole rings is 1. The Morgan fingerprint density at radius 1 is 1.32 bits per heavy atom. The molecule has 0 aromatic carbocycles. The molecule has 2 amide bonds. The molecule has 0 spiro atoms. The van der Waals surface area contributed by atoms with Crippen LogP contribution in [-0.2, 0) is 27.5 Å². The number of β-lactam (4-membered cyclic amide) rings is 1. The smallest absolute Gasteiger partial charge is 0.307 e. The number of thiophene rings is 1. The van der Waals surface area contributed by atoms with E-state index in [-0.39, 0.29) is 39.1 Å². The number of halogens is 1. The molecule has 4 aromatic rings. The molecule has 44 heavy (non-hydrogen) atoms. The third-order valence-electron chi connectivity index (χ3n) is 6.84. The van der Waals surface area contributed by atoms with Crippen molar-refractivity contribution in [2.75, 3.05) is 11.5 Å². The Hall–Kier alpha value is -4.59. The van der Waals surface area contributed by atoms with E-state index < -0.39 is 34.9 Å². The highest BCUT2D eigenvalue weighted by Crippen LogP contribution is 2.40. The predicted octanol–water partition coefficient (Wildman–Crippen LogP) is -0.982. The summed E-state index contributed by atoms with van der Waals surface area (Å²) in [6.45, 7) is 0.733. The number of nitrogens with two attached hydrogens (primary N) is 3. The van der Waals surface area contributed by atoms with Gasteiger partial charge in [-0.2, -0.15) is 0 Å². The van der Waals surface area contributed by atoms with Crippen molar-refractivity contribution in [1.82, 2.24) is 24.4 Å². The Morgan fingerprint density at radius 3 is 2.80 bits per heavy atom. The van der Waals surface area contributed by atoms with Gasteiger partial charge in [-0.15, -0.1) is 27.6 Å². The topological polar surface area (TPSA) is 239 Å². The largest absolute Gasteiger partial charge is 0.543 e. The van der Waals surface area contributed by atoms with Gasteiger partial charge >= 0.3 is 5.65 Å². The van der Waals surface area contributed by atoms with Crippen LogP contribution >= 0.6 is 46.0 Å². The number of carbonyl (C=O) groups is 3. The SMILES string of the molecule is NC(N)=Nc1csc(C[n+]2ccn3c2ccn3CC2=C(C(=O)[O-])N3C(=O)[C@@H](NC(=O)/C(=N\O)c4nc(N)sc4Cl)[C@H]3SC2)c1. The zero-order valence-electron chi connectivity index (χ0n) is 22.3. The number of carboxylic acid groups (broad SMARTS) is 1. The van der Waals surface area contributed by atoms with Gasteiger partial charge in [-0.3, -0.25) is 14.5 Å². The minimum atomic E-state index is -1.51. The minimum absolute atomic E-state index is 0.0174. The Kier molecular flexibility index (Phi) is 7.70. The standard InChI is InChI=1S/C24H22ClN11O5S3/c25-18-14(31-24(28)44-18)15(32-41)19(37)30-16-20(38)36-17(22(39)40)10(8-43-21(16)36)6-34-2-1-13-33(3-4-35(13)34)7-12-5-11(9-42-12)29-23(26)27/h1-5,9,16,21H,6-8H2,(H8-,26,27,28,29,30,31,37,39,40,41)/t16-,21-/m1/s1. The van der Waals surface area contributed by atoms with Crippen LogP contribution in [-0.4, -0.2) is 70.9 Å². The van der Waals surface area contributed by atoms with Gasteiger partial charge in [0.25, 0.3) is 11.8 Å². The molecule has 16 nitrogen and oxygen atoms in total. The quantitative estimate of drug-likeness (QED) is 0.0363. The van der Waals surface area contributed by atoms with Crippen molar-refractivity contribution in [2.24, 2.45) is 21.6 Å². The lowest BCUT2D eigenvalue weighted by molar-refractivity contribution is -0.661. The van der Waals surface area contributed by atoms with Crippen molar-refractivity contribution >= 4 is 92.0 Å². The van der Waals surface area contributed by atoms with Crippen molar-refractivity contribution in [3.8, 4) is 0 Å². The number of hydrogen-bond acceptors (Lipinski definition) is 12. The third kappa shape index (κ3) is 5.23. The first-order valence-electron chi connectivity index (χ1n) is 12.6. The lowest BCUT2D eigenvalue weighted by Gasteiger charge is -2.50. The molecule has 0 radical (unpaired) electrons. The molecule has 0 unspecified atom stereocenters. The summed E-state index contributed by atoms with van der Waals surface area (Å²) in [5.41, 5.74) is 17.6. The third-order valence-corrected chi connectivity index (χ3v) is 10.2. The summed E-state index contributed by atoms with van der Waals surface area (Å²) in [4.78, 5) is 48.4. The number of guanidine groups is 1. The number of nitrogen functional groups attached to an aromatic ring is 1.